The summed E-state index contributed by atoms with van der Waals surface area (Å²) in [4.78, 5) is 0. The maximum atomic E-state index is 13.1. The van der Waals surface area contributed by atoms with Crippen LogP contribution in [0.1, 0.15) is 11.8 Å². The second-order valence-corrected chi connectivity index (χ2v) is 2.57. The second-order valence-electron chi connectivity index (χ2n) is 2.57. The van der Waals surface area contributed by atoms with Crippen molar-refractivity contribution in [2.75, 3.05) is 14.2 Å². The van der Waals surface area contributed by atoms with Crippen molar-refractivity contribution < 1.29 is 13.5 Å². The summed E-state index contributed by atoms with van der Waals surface area (Å²) in [5.74, 6) is -1.20. The molecule has 1 atom stereocenters. The van der Waals surface area contributed by atoms with Crippen LogP contribution in [0.15, 0.2) is 18.2 Å². The number of nitrogens with one attached hydrogen (secondary N) is 1. The zero-order valence-corrected chi connectivity index (χ0v) is 7.47. The normalized spacial score (nSPS) is 12.9. The highest BCUT2D eigenvalue weighted by Crippen LogP contribution is 2.17. The molecule has 0 saturated carbocycles. The van der Waals surface area contributed by atoms with Crippen molar-refractivity contribution >= 4 is 0 Å². The van der Waals surface area contributed by atoms with Gasteiger partial charge in [0, 0.05) is 18.7 Å². The summed E-state index contributed by atoms with van der Waals surface area (Å²) in [5, 5.41) is 2.74. The standard InChI is InChI=1S/C9H11F2NO/c1-12-9(13-2)7-4-3-6(10)5-8(7)11/h3-5,9,12H,1-2H3. The predicted molar refractivity (Wildman–Crippen MR) is 45.2 cm³/mol. The van der Waals surface area contributed by atoms with Gasteiger partial charge in [0.1, 0.15) is 17.9 Å². The highest BCUT2D eigenvalue weighted by atomic mass is 19.1. The minimum atomic E-state index is -0.610. The van der Waals surface area contributed by atoms with Crippen molar-refractivity contribution in [1.82, 2.24) is 5.32 Å². The molecule has 0 saturated heterocycles. The Bertz CT molecular complexity index is 287. The van der Waals surface area contributed by atoms with Crippen molar-refractivity contribution in [3.05, 3.63) is 35.4 Å². The maximum Gasteiger partial charge on any atom is 0.136 e. The Labute approximate surface area is 75.5 Å². The van der Waals surface area contributed by atoms with E-state index in [1.54, 1.807) is 7.05 Å². The first-order valence-electron chi connectivity index (χ1n) is 3.84. The molecule has 0 aromatic heterocycles. The smallest absolute Gasteiger partial charge is 0.136 e. The molecule has 0 spiro atoms. The van der Waals surface area contributed by atoms with E-state index < -0.39 is 17.9 Å². The molecule has 2 nitrogen and oxygen atoms in total. The Morgan fingerprint density at radius 3 is 2.54 bits per heavy atom. The molecule has 0 bridgehead atoms. The zero-order chi connectivity index (χ0) is 9.84. The lowest BCUT2D eigenvalue weighted by Gasteiger charge is -2.14. The summed E-state index contributed by atoms with van der Waals surface area (Å²) >= 11 is 0. The van der Waals surface area contributed by atoms with Gasteiger partial charge in [0.2, 0.25) is 0 Å². The van der Waals surface area contributed by atoms with Gasteiger partial charge >= 0.3 is 0 Å². The summed E-state index contributed by atoms with van der Waals surface area (Å²) in [6.45, 7) is 0. The molecule has 0 aliphatic heterocycles. The van der Waals surface area contributed by atoms with Crippen molar-refractivity contribution in [1.29, 1.82) is 0 Å². The minimum Gasteiger partial charge on any atom is -0.362 e. The summed E-state index contributed by atoms with van der Waals surface area (Å²) in [6.07, 6.45) is -0.541. The van der Waals surface area contributed by atoms with Crippen molar-refractivity contribution in [2.24, 2.45) is 0 Å². The van der Waals surface area contributed by atoms with Crippen LogP contribution in [0.2, 0.25) is 0 Å². The second kappa shape index (κ2) is 4.30. The fourth-order valence-corrected chi connectivity index (χ4v) is 1.11. The van der Waals surface area contributed by atoms with E-state index in [9.17, 15) is 8.78 Å². The van der Waals surface area contributed by atoms with Crippen LogP contribution in [0.5, 0.6) is 0 Å². The van der Waals surface area contributed by atoms with E-state index in [-0.39, 0.29) is 0 Å². The molecule has 1 unspecified atom stereocenters. The van der Waals surface area contributed by atoms with Gasteiger partial charge in [-0.25, -0.2) is 8.78 Å². The molecular formula is C9H11F2NO. The Balaban J connectivity index is 2.99. The molecule has 0 fully saturated rings. The van der Waals surface area contributed by atoms with Crippen LogP contribution in [0.25, 0.3) is 0 Å². The van der Waals surface area contributed by atoms with Gasteiger partial charge in [0.15, 0.2) is 0 Å². The first-order chi connectivity index (χ1) is 6.19. The van der Waals surface area contributed by atoms with E-state index in [4.69, 9.17) is 4.74 Å². The fourth-order valence-electron chi connectivity index (χ4n) is 1.11. The Morgan fingerprint density at radius 2 is 2.08 bits per heavy atom. The topological polar surface area (TPSA) is 21.3 Å². The molecule has 1 rings (SSSR count). The van der Waals surface area contributed by atoms with Crippen LogP contribution in [-0.2, 0) is 4.74 Å². The summed E-state index contributed by atoms with van der Waals surface area (Å²) in [6, 6.07) is 3.38. The first kappa shape index (κ1) is 10.1. The van der Waals surface area contributed by atoms with Crippen LogP contribution in [0.3, 0.4) is 0 Å². The molecule has 4 heteroatoms. The van der Waals surface area contributed by atoms with Gasteiger partial charge in [-0.2, -0.15) is 0 Å². The average molecular weight is 187 g/mol. The number of ether oxygens (including phenoxy) is 1. The van der Waals surface area contributed by atoms with Gasteiger partial charge < -0.3 is 4.74 Å². The van der Waals surface area contributed by atoms with Gasteiger partial charge in [-0.3, -0.25) is 5.32 Å². The van der Waals surface area contributed by atoms with Gasteiger partial charge in [-0.1, -0.05) is 0 Å². The molecule has 0 aliphatic carbocycles. The van der Waals surface area contributed by atoms with Crippen LogP contribution in [0, 0.1) is 11.6 Å². The number of hydrogen-bond donors (Lipinski definition) is 1. The van der Waals surface area contributed by atoms with Crippen molar-refractivity contribution in [3.8, 4) is 0 Å². The van der Waals surface area contributed by atoms with Crippen LogP contribution in [-0.4, -0.2) is 14.2 Å². The highest BCUT2D eigenvalue weighted by molar-refractivity contribution is 5.20. The molecule has 13 heavy (non-hydrogen) atoms. The number of halogens is 2. The van der Waals surface area contributed by atoms with Crippen LogP contribution < -0.4 is 5.32 Å². The Kier molecular flexibility index (Phi) is 3.33. The third kappa shape index (κ3) is 2.23. The Morgan fingerprint density at radius 1 is 1.38 bits per heavy atom. The minimum absolute atomic E-state index is 0.298. The van der Waals surface area contributed by atoms with Gasteiger partial charge in [0.05, 0.1) is 0 Å². The average Bonchev–Trinajstić information content (AvgIpc) is 2.10. The van der Waals surface area contributed by atoms with E-state index in [0.29, 0.717) is 5.56 Å². The van der Waals surface area contributed by atoms with Gasteiger partial charge in [-0.15, -0.1) is 0 Å². The maximum absolute atomic E-state index is 13.1. The molecule has 1 aromatic carbocycles. The van der Waals surface area contributed by atoms with E-state index in [1.807, 2.05) is 0 Å². The van der Waals surface area contributed by atoms with Gasteiger partial charge in [0.25, 0.3) is 0 Å². The quantitative estimate of drug-likeness (QED) is 0.729. The summed E-state index contributed by atoms with van der Waals surface area (Å²) in [5.41, 5.74) is 0.298. The van der Waals surface area contributed by atoms with E-state index >= 15 is 0 Å². The predicted octanol–water partition coefficient (Wildman–Crippen LogP) is 1.83. The van der Waals surface area contributed by atoms with Gasteiger partial charge in [-0.05, 0) is 19.2 Å². The van der Waals surface area contributed by atoms with E-state index in [0.717, 1.165) is 6.07 Å². The number of hydrogen-bond acceptors (Lipinski definition) is 2. The molecule has 72 valence electrons. The third-order valence-electron chi connectivity index (χ3n) is 1.74. The van der Waals surface area contributed by atoms with E-state index in [2.05, 4.69) is 5.32 Å². The lowest BCUT2D eigenvalue weighted by atomic mass is 10.2. The molecule has 0 amide bonds. The molecule has 1 N–H and O–H groups in total. The van der Waals surface area contributed by atoms with Crippen molar-refractivity contribution in [3.63, 3.8) is 0 Å². The van der Waals surface area contributed by atoms with E-state index in [1.165, 1.54) is 19.2 Å². The van der Waals surface area contributed by atoms with Crippen molar-refractivity contribution in [2.45, 2.75) is 6.23 Å². The molecular weight excluding hydrogens is 176 g/mol. The first-order valence-corrected chi connectivity index (χ1v) is 3.84. The molecule has 0 aliphatic rings. The number of rotatable bonds is 3. The highest BCUT2D eigenvalue weighted by Gasteiger charge is 2.12. The third-order valence-corrected chi connectivity index (χ3v) is 1.74. The lowest BCUT2D eigenvalue weighted by molar-refractivity contribution is 0.0777. The Hall–Kier alpha value is -1.00. The SMILES string of the molecule is CNC(OC)c1ccc(F)cc1F. The monoisotopic (exact) mass is 187 g/mol. The zero-order valence-electron chi connectivity index (χ0n) is 7.47. The summed E-state index contributed by atoms with van der Waals surface area (Å²) < 4.78 is 30.6. The number of benzene rings is 1. The fraction of sp³-hybridized carbons (Fsp3) is 0.333. The molecule has 0 heterocycles. The van der Waals surface area contributed by atoms with Crippen LogP contribution >= 0.6 is 0 Å². The lowest BCUT2D eigenvalue weighted by Crippen LogP contribution is -2.19. The largest absolute Gasteiger partial charge is 0.362 e. The summed E-state index contributed by atoms with van der Waals surface area (Å²) in [7, 11) is 3.08. The van der Waals surface area contributed by atoms with Crippen LogP contribution in [0.4, 0.5) is 8.78 Å². The molecule has 1 aromatic rings. The number of methoxy groups -OCH3 is 1. The molecule has 0 radical (unpaired) electrons.